The third-order valence-electron chi connectivity index (χ3n) is 4.02. The molecule has 1 fully saturated rings. The van der Waals surface area contributed by atoms with Crippen LogP contribution >= 0.6 is 12.2 Å². The lowest BCUT2D eigenvalue weighted by molar-refractivity contribution is -0.895. The Hall–Kier alpha value is -2.07. The van der Waals surface area contributed by atoms with Crippen molar-refractivity contribution in [1.82, 2.24) is 10.2 Å². The number of quaternary nitrogens is 1. The van der Waals surface area contributed by atoms with E-state index >= 15 is 0 Å². The van der Waals surface area contributed by atoms with E-state index in [1.165, 1.54) is 29.2 Å². The fourth-order valence-electron chi connectivity index (χ4n) is 2.83. The van der Waals surface area contributed by atoms with Gasteiger partial charge in [-0.2, -0.15) is 0 Å². The number of halogens is 3. The summed E-state index contributed by atoms with van der Waals surface area (Å²) >= 11 is 5.39. The van der Waals surface area contributed by atoms with Gasteiger partial charge < -0.3 is 25.2 Å². The molecule has 0 aromatic heterocycles. The van der Waals surface area contributed by atoms with Crippen molar-refractivity contribution in [3.8, 4) is 5.75 Å². The van der Waals surface area contributed by atoms with Gasteiger partial charge >= 0.3 is 6.36 Å². The van der Waals surface area contributed by atoms with Gasteiger partial charge in [0.05, 0.1) is 26.2 Å². The molecule has 6 nitrogen and oxygen atoms in total. The van der Waals surface area contributed by atoms with Crippen molar-refractivity contribution >= 4 is 28.9 Å². The van der Waals surface area contributed by atoms with Crippen molar-refractivity contribution in [3.05, 3.63) is 24.3 Å². The van der Waals surface area contributed by atoms with Crippen LogP contribution in [-0.2, 0) is 4.79 Å². The summed E-state index contributed by atoms with van der Waals surface area (Å²) in [6.45, 7) is 9.21. The molecule has 1 saturated heterocycles. The average molecular weight is 419 g/mol. The number of benzene rings is 1. The number of hydrogen-bond acceptors (Lipinski definition) is 3. The summed E-state index contributed by atoms with van der Waals surface area (Å²) < 4.78 is 40.4. The second-order valence-electron chi connectivity index (χ2n) is 7.71. The predicted octanol–water partition coefficient (Wildman–Crippen LogP) is 1.40. The number of carbonyl (C=O) groups is 1. The normalized spacial score (nSPS) is 15.9. The molecular weight excluding hydrogens is 393 g/mol. The molecule has 1 aliphatic heterocycles. The van der Waals surface area contributed by atoms with Crippen molar-refractivity contribution in [2.45, 2.75) is 32.7 Å². The Labute approximate surface area is 168 Å². The number of piperazine rings is 1. The number of carbonyl (C=O) groups excluding carboxylic acids is 1. The minimum absolute atomic E-state index is 0.0258. The first-order chi connectivity index (χ1) is 12.9. The number of nitrogens with zero attached hydrogens (tertiary/aromatic N) is 1. The standard InChI is InChI=1S/C18H25F3N4O2S/c1-17(2,3)23-15(26)12-24-8-10-25(11-9-24)16(28)22-13-4-6-14(7-5-13)27-18(19,20)21/h4-7H,8-12H2,1-3H3,(H,22,28)(H,23,26)/p+1. The van der Waals surface area contributed by atoms with E-state index in [0.717, 1.165) is 13.1 Å². The van der Waals surface area contributed by atoms with Gasteiger partial charge in [-0.05, 0) is 57.3 Å². The fourth-order valence-corrected chi connectivity index (χ4v) is 3.14. The summed E-state index contributed by atoms with van der Waals surface area (Å²) in [7, 11) is 0. The van der Waals surface area contributed by atoms with E-state index in [0.29, 0.717) is 30.4 Å². The zero-order valence-electron chi connectivity index (χ0n) is 16.2. The van der Waals surface area contributed by atoms with E-state index in [2.05, 4.69) is 15.4 Å². The Morgan fingerprint density at radius 2 is 1.75 bits per heavy atom. The summed E-state index contributed by atoms with van der Waals surface area (Å²) in [6, 6.07) is 5.42. The van der Waals surface area contributed by atoms with Gasteiger partial charge in [0.15, 0.2) is 11.7 Å². The molecule has 28 heavy (non-hydrogen) atoms. The van der Waals surface area contributed by atoms with E-state index < -0.39 is 6.36 Å². The lowest BCUT2D eigenvalue weighted by Crippen LogP contribution is -3.16. The van der Waals surface area contributed by atoms with Crippen LogP contribution in [0.1, 0.15) is 20.8 Å². The molecule has 0 atom stereocenters. The number of hydrogen-bond donors (Lipinski definition) is 3. The highest BCUT2D eigenvalue weighted by Crippen LogP contribution is 2.24. The Kier molecular flexibility index (Phi) is 7.11. The van der Waals surface area contributed by atoms with E-state index in [1.54, 1.807) is 0 Å². The molecule has 1 aliphatic rings. The lowest BCUT2D eigenvalue weighted by Gasteiger charge is -2.34. The molecule has 0 spiro atoms. The van der Waals surface area contributed by atoms with Crippen LogP contribution in [-0.4, -0.2) is 60.5 Å². The van der Waals surface area contributed by atoms with Gasteiger partial charge in [0, 0.05) is 11.2 Å². The molecule has 1 amide bonds. The van der Waals surface area contributed by atoms with Crippen molar-refractivity contribution in [2.75, 3.05) is 38.0 Å². The van der Waals surface area contributed by atoms with E-state index in [-0.39, 0.29) is 17.2 Å². The minimum Gasteiger partial charge on any atom is -0.406 e. The van der Waals surface area contributed by atoms with E-state index in [9.17, 15) is 18.0 Å². The summed E-state index contributed by atoms with van der Waals surface area (Å²) in [5.74, 6) is -0.257. The molecule has 0 aliphatic carbocycles. The van der Waals surface area contributed by atoms with Crippen LogP contribution in [0, 0.1) is 0 Å². The molecule has 10 heteroatoms. The summed E-state index contributed by atoms with van der Waals surface area (Å²) in [5.41, 5.74) is 0.337. The summed E-state index contributed by atoms with van der Waals surface area (Å²) in [6.07, 6.45) is -4.71. The van der Waals surface area contributed by atoms with E-state index in [1.807, 2.05) is 25.7 Å². The maximum Gasteiger partial charge on any atom is 0.573 e. The molecule has 1 heterocycles. The largest absolute Gasteiger partial charge is 0.573 e. The maximum atomic E-state index is 12.2. The third-order valence-corrected chi connectivity index (χ3v) is 4.38. The Balaban J connectivity index is 1.78. The zero-order chi connectivity index (χ0) is 20.9. The smallest absolute Gasteiger partial charge is 0.406 e. The highest BCUT2D eigenvalue weighted by Gasteiger charge is 2.31. The second-order valence-corrected chi connectivity index (χ2v) is 8.10. The van der Waals surface area contributed by atoms with Crippen LogP contribution in [0.5, 0.6) is 5.75 Å². The second kappa shape index (κ2) is 8.95. The third kappa shape index (κ3) is 7.89. The van der Waals surface area contributed by atoms with Crippen molar-refractivity contribution in [1.29, 1.82) is 0 Å². The van der Waals surface area contributed by atoms with Crippen LogP contribution in [0.25, 0.3) is 0 Å². The molecular formula is C18H26F3N4O2S+. The van der Waals surface area contributed by atoms with Crippen molar-refractivity contribution in [2.24, 2.45) is 0 Å². The number of ether oxygens (including phenoxy) is 1. The number of nitrogens with one attached hydrogen (secondary N) is 3. The molecule has 1 aromatic carbocycles. The molecule has 0 radical (unpaired) electrons. The zero-order valence-corrected chi connectivity index (χ0v) is 17.0. The number of alkyl halides is 3. The first-order valence-corrected chi connectivity index (χ1v) is 9.38. The van der Waals surface area contributed by atoms with Crippen LogP contribution in [0.3, 0.4) is 0 Å². The van der Waals surface area contributed by atoms with Crippen molar-refractivity contribution < 1.29 is 27.6 Å². The summed E-state index contributed by atoms with van der Waals surface area (Å²) in [4.78, 5) is 15.2. The lowest BCUT2D eigenvalue weighted by atomic mass is 10.1. The number of thiocarbonyl (C=S) groups is 1. The average Bonchev–Trinajstić information content (AvgIpc) is 2.54. The Morgan fingerprint density at radius 1 is 1.18 bits per heavy atom. The van der Waals surface area contributed by atoms with Gasteiger partial charge in [-0.3, -0.25) is 4.79 Å². The first kappa shape index (κ1) is 22.2. The highest BCUT2D eigenvalue weighted by molar-refractivity contribution is 7.80. The van der Waals surface area contributed by atoms with Gasteiger partial charge in [0.1, 0.15) is 5.75 Å². The molecule has 3 N–H and O–H groups in total. The first-order valence-electron chi connectivity index (χ1n) is 8.98. The van der Waals surface area contributed by atoms with Crippen molar-refractivity contribution in [3.63, 3.8) is 0 Å². The van der Waals surface area contributed by atoms with E-state index in [4.69, 9.17) is 12.2 Å². The quantitative estimate of drug-likeness (QED) is 0.645. The van der Waals surface area contributed by atoms with Gasteiger partial charge in [0.2, 0.25) is 0 Å². The van der Waals surface area contributed by atoms with Crippen LogP contribution in [0.4, 0.5) is 18.9 Å². The molecule has 2 rings (SSSR count). The molecule has 0 unspecified atom stereocenters. The summed E-state index contributed by atoms with van der Waals surface area (Å²) in [5, 5.41) is 6.48. The topological polar surface area (TPSA) is 58.0 Å². The number of anilines is 1. The van der Waals surface area contributed by atoms with Gasteiger partial charge in [0.25, 0.3) is 5.91 Å². The highest BCUT2D eigenvalue weighted by atomic mass is 32.1. The van der Waals surface area contributed by atoms with Gasteiger partial charge in [-0.1, -0.05) is 0 Å². The maximum absolute atomic E-state index is 12.2. The predicted molar refractivity (Wildman–Crippen MR) is 104 cm³/mol. The molecule has 156 valence electrons. The van der Waals surface area contributed by atoms with Gasteiger partial charge in [-0.15, -0.1) is 13.2 Å². The Morgan fingerprint density at radius 3 is 2.25 bits per heavy atom. The van der Waals surface area contributed by atoms with Crippen LogP contribution in [0.15, 0.2) is 24.3 Å². The number of amides is 1. The van der Waals surface area contributed by atoms with Crippen LogP contribution in [0.2, 0.25) is 0 Å². The Bertz CT molecular complexity index is 682. The minimum atomic E-state index is -4.71. The molecule has 0 saturated carbocycles. The monoisotopic (exact) mass is 419 g/mol. The SMILES string of the molecule is CC(C)(C)NC(=O)C[NH+]1CCN(C(=S)Nc2ccc(OC(F)(F)F)cc2)CC1. The fraction of sp³-hybridized carbons (Fsp3) is 0.556. The van der Waals surface area contributed by atoms with Gasteiger partial charge in [-0.25, -0.2) is 0 Å². The molecule has 1 aromatic rings. The molecule has 0 bridgehead atoms. The van der Waals surface area contributed by atoms with Crippen LogP contribution < -0.4 is 20.3 Å². The number of rotatable bonds is 4.